The standard InChI is InChI=1S/C19H20N6O4S2/c1-24-6-13(4-21-24)12-3-20-18-14(5-22-25(18)7-12)11-2-17(30-8-11)19(27)23-15-9-31(28,29)10-16(15)26/h2-8,15-16,26,28-29H,9-10H2,1H3,(H,23,27)/t15-,16-/m1/s1. The molecule has 162 valence electrons. The normalized spacial score (nSPS) is 21.4. The highest BCUT2D eigenvalue weighted by atomic mass is 32.3. The Kier molecular flexibility index (Phi) is 4.83. The number of hydrogen-bond donors (Lipinski definition) is 4. The van der Waals surface area contributed by atoms with Gasteiger partial charge in [-0.15, -0.1) is 11.3 Å². The van der Waals surface area contributed by atoms with Gasteiger partial charge in [0.05, 0.1) is 40.9 Å². The Bertz CT molecular complexity index is 1280. The van der Waals surface area contributed by atoms with E-state index in [4.69, 9.17) is 0 Å². The molecular formula is C19H20N6O4S2. The number of aromatic nitrogens is 5. The van der Waals surface area contributed by atoms with E-state index in [1.165, 1.54) is 11.3 Å². The molecule has 4 aromatic heterocycles. The molecule has 1 saturated heterocycles. The van der Waals surface area contributed by atoms with E-state index in [1.807, 2.05) is 24.8 Å². The number of aliphatic hydroxyl groups excluding tert-OH is 1. The third-order valence-corrected chi connectivity index (χ3v) is 7.89. The minimum absolute atomic E-state index is 0.0324. The summed E-state index contributed by atoms with van der Waals surface area (Å²) in [5.41, 5.74) is 4.10. The van der Waals surface area contributed by atoms with E-state index in [1.54, 1.807) is 33.9 Å². The van der Waals surface area contributed by atoms with Crippen LogP contribution >= 0.6 is 21.9 Å². The summed E-state index contributed by atoms with van der Waals surface area (Å²) in [6, 6.07) is 1.07. The lowest BCUT2D eigenvalue weighted by atomic mass is 10.1. The number of aryl methyl sites for hydroxylation is 1. The van der Waals surface area contributed by atoms with Crippen LogP contribution in [-0.4, -0.2) is 68.1 Å². The van der Waals surface area contributed by atoms with Gasteiger partial charge in [-0.25, -0.2) is 9.50 Å². The average Bonchev–Trinajstić information content (AvgIpc) is 3.47. The van der Waals surface area contributed by atoms with Crippen LogP contribution in [0.15, 0.2) is 42.4 Å². The van der Waals surface area contributed by atoms with E-state index in [2.05, 4.69) is 20.5 Å². The van der Waals surface area contributed by atoms with Crippen molar-refractivity contribution < 1.29 is 19.0 Å². The number of hydrogen-bond acceptors (Lipinski definition) is 8. The summed E-state index contributed by atoms with van der Waals surface area (Å²) in [7, 11) is -0.984. The number of nitrogens with zero attached hydrogens (tertiary/aromatic N) is 5. The molecule has 0 radical (unpaired) electrons. The summed E-state index contributed by atoms with van der Waals surface area (Å²) in [6.45, 7) is 0. The Morgan fingerprint density at radius 1 is 1.16 bits per heavy atom. The highest BCUT2D eigenvalue weighted by Gasteiger charge is 2.37. The second-order valence-corrected chi connectivity index (χ2v) is 10.7. The zero-order chi connectivity index (χ0) is 21.8. The zero-order valence-electron chi connectivity index (χ0n) is 16.4. The van der Waals surface area contributed by atoms with Crippen molar-refractivity contribution in [3.63, 3.8) is 0 Å². The summed E-state index contributed by atoms with van der Waals surface area (Å²) in [5, 5.41) is 23.1. The van der Waals surface area contributed by atoms with Gasteiger partial charge in [-0.3, -0.25) is 18.6 Å². The quantitative estimate of drug-likeness (QED) is 0.366. The highest BCUT2D eigenvalue weighted by molar-refractivity contribution is 8.24. The van der Waals surface area contributed by atoms with E-state index in [0.717, 1.165) is 22.3 Å². The fourth-order valence-electron chi connectivity index (χ4n) is 3.63. The first kappa shape index (κ1) is 20.2. The van der Waals surface area contributed by atoms with Crippen molar-refractivity contribution in [3.8, 4) is 22.3 Å². The van der Waals surface area contributed by atoms with Crippen LogP contribution in [0.25, 0.3) is 27.9 Å². The maximum atomic E-state index is 12.6. The van der Waals surface area contributed by atoms with Gasteiger partial charge in [-0.1, -0.05) is 0 Å². The molecule has 4 N–H and O–H groups in total. The van der Waals surface area contributed by atoms with E-state index in [9.17, 15) is 19.0 Å². The van der Waals surface area contributed by atoms with Crippen LogP contribution < -0.4 is 5.32 Å². The van der Waals surface area contributed by atoms with Gasteiger partial charge in [0.15, 0.2) is 5.65 Å². The fraction of sp³-hybridized carbons (Fsp3) is 0.263. The molecule has 0 spiro atoms. The van der Waals surface area contributed by atoms with Gasteiger partial charge in [0, 0.05) is 42.3 Å². The fourth-order valence-corrected chi connectivity index (χ4v) is 6.23. The maximum absolute atomic E-state index is 12.6. The van der Waals surface area contributed by atoms with Crippen molar-refractivity contribution in [2.24, 2.45) is 7.05 Å². The number of carbonyl (C=O) groups excluding carboxylic acids is 1. The van der Waals surface area contributed by atoms with Crippen molar-refractivity contribution in [2.75, 3.05) is 11.5 Å². The van der Waals surface area contributed by atoms with Crippen molar-refractivity contribution in [1.82, 2.24) is 29.7 Å². The molecule has 31 heavy (non-hydrogen) atoms. The molecule has 2 atom stereocenters. The Morgan fingerprint density at radius 2 is 1.97 bits per heavy atom. The minimum atomic E-state index is -2.84. The van der Waals surface area contributed by atoms with Crippen LogP contribution in [0.2, 0.25) is 0 Å². The van der Waals surface area contributed by atoms with Crippen molar-refractivity contribution in [1.29, 1.82) is 0 Å². The topological polar surface area (TPSA) is 138 Å². The van der Waals surface area contributed by atoms with Gasteiger partial charge in [0.1, 0.15) is 0 Å². The van der Waals surface area contributed by atoms with Crippen LogP contribution in [0.4, 0.5) is 0 Å². The van der Waals surface area contributed by atoms with E-state index < -0.39 is 22.7 Å². The molecule has 1 aliphatic rings. The number of thiophene rings is 1. The van der Waals surface area contributed by atoms with Gasteiger partial charge < -0.3 is 10.4 Å². The first-order valence-corrected chi connectivity index (χ1v) is 12.2. The lowest BCUT2D eigenvalue weighted by Gasteiger charge is -2.25. The molecule has 0 unspecified atom stereocenters. The van der Waals surface area contributed by atoms with Crippen molar-refractivity contribution in [3.05, 3.63) is 47.3 Å². The van der Waals surface area contributed by atoms with Crippen LogP contribution in [0.3, 0.4) is 0 Å². The maximum Gasteiger partial charge on any atom is 0.261 e. The number of amides is 1. The summed E-state index contributed by atoms with van der Waals surface area (Å²) >= 11 is 1.26. The predicted molar refractivity (Wildman–Crippen MR) is 118 cm³/mol. The Labute approximate surface area is 182 Å². The molecule has 1 amide bonds. The third-order valence-electron chi connectivity index (χ3n) is 5.19. The lowest BCUT2D eigenvalue weighted by Crippen LogP contribution is -2.42. The summed E-state index contributed by atoms with van der Waals surface area (Å²) in [6.07, 6.45) is 8.04. The molecule has 0 bridgehead atoms. The SMILES string of the molecule is Cn1cc(-c2cnc3c(-c4csc(C(=O)N[C@@H]5CS(O)(O)C[C@H]5O)c4)cnn3c2)cn1. The van der Waals surface area contributed by atoms with E-state index in [0.29, 0.717) is 10.5 Å². The number of fused-ring (bicyclic) bond motifs is 1. The number of aliphatic hydroxyl groups is 1. The molecule has 1 aliphatic heterocycles. The van der Waals surface area contributed by atoms with E-state index >= 15 is 0 Å². The highest BCUT2D eigenvalue weighted by Crippen LogP contribution is 2.45. The molecule has 1 fully saturated rings. The molecule has 5 heterocycles. The first-order valence-electron chi connectivity index (χ1n) is 9.43. The van der Waals surface area contributed by atoms with E-state index in [-0.39, 0.29) is 17.4 Å². The van der Waals surface area contributed by atoms with Gasteiger partial charge in [0.2, 0.25) is 0 Å². The molecule has 10 nitrogen and oxygen atoms in total. The third kappa shape index (κ3) is 3.83. The smallest absolute Gasteiger partial charge is 0.261 e. The van der Waals surface area contributed by atoms with Crippen LogP contribution in [-0.2, 0) is 7.05 Å². The average molecular weight is 461 g/mol. The monoisotopic (exact) mass is 460 g/mol. The van der Waals surface area contributed by atoms with Gasteiger partial charge >= 0.3 is 0 Å². The Morgan fingerprint density at radius 3 is 2.68 bits per heavy atom. The largest absolute Gasteiger partial charge is 0.389 e. The molecular weight excluding hydrogens is 440 g/mol. The Hall–Kier alpha value is -2.77. The summed E-state index contributed by atoms with van der Waals surface area (Å²) in [4.78, 5) is 17.6. The molecule has 5 rings (SSSR count). The zero-order valence-corrected chi connectivity index (χ0v) is 18.0. The molecule has 0 saturated carbocycles. The van der Waals surface area contributed by atoms with Crippen LogP contribution in [0.5, 0.6) is 0 Å². The molecule has 12 heteroatoms. The second-order valence-electron chi connectivity index (χ2n) is 7.55. The van der Waals surface area contributed by atoms with Gasteiger partial charge in [-0.2, -0.15) is 20.8 Å². The van der Waals surface area contributed by atoms with Gasteiger partial charge in [0.25, 0.3) is 5.91 Å². The second kappa shape index (κ2) is 7.43. The van der Waals surface area contributed by atoms with Crippen LogP contribution in [0.1, 0.15) is 9.67 Å². The van der Waals surface area contributed by atoms with Crippen molar-refractivity contribution in [2.45, 2.75) is 12.1 Å². The molecule has 4 aromatic rings. The molecule has 0 aliphatic carbocycles. The number of carbonyl (C=O) groups is 1. The van der Waals surface area contributed by atoms with Gasteiger partial charge in [-0.05, 0) is 17.0 Å². The number of nitrogens with one attached hydrogen (secondary N) is 1. The molecule has 0 aromatic carbocycles. The first-order chi connectivity index (χ1) is 14.8. The summed E-state index contributed by atoms with van der Waals surface area (Å²) in [5.74, 6) is -0.501. The lowest BCUT2D eigenvalue weighted by molar-refractivity contribution is 0.0893. The number of rotatable bonds is 4. The predicted octanol–water partition coefficient (Wildman–Crippen LogP) is 2.08. The van der Waals surface area contributed by atoms with Crippen molar-refractivity contribution >= 4 is 33.5 Å². The minimum Gasteiger partial charge on any atom is -0.389 e. The van der Waals surface area contributed by atoms with Crippen LogP contribution in [0, 0.1) is 0 Å². The summed E-state index contributed by atoms with van der Waals surface area (Å²) < 4.78 is 22.9. The Balaban J connectivity index is 1.37.